The van der Waals surface area contributed by atoms with Gasteiger partial charge in [0.15, 0.2) is 5.13 Å². The van der Waals surface area contributed by atoms with Crippen molar-refractivity contribution in [2.75, 3.05) is 5.32 Å². The number of halogens is 1. The van der Waals surface area contributed by atoms with Crippen LogP contribution in [0.15, 0.2) is 29.0 Å². The molecule has 0 atom stereocenters. The van der Waals surface area contributed by atoms with Crippen molar-refractivity contribution in [3.8, 4) is 0 Å². The standard InChI is InChI=1S/C9H8BrN3S/c1-6-5-12-9(14-6)13-8-7(10)3-2-4-11-8/h2-5H,1H3,(H,11,12,13). The van der Waals surface area contributed by atoms with Crippen LogP contribution in [0.5, 0.6) is 0 Å². The van der Waals surface area contributed by atoms with Crippen molar-refractivity contribution < 1.29 is 0 Å². The van der Waals surface area contributed by atoms with Gasteiger partial charge >= 0.3 is 0 Å². The molecule has 0 aliphatic heterocycles. The lowest BCUT2D eigenvalue weighted by atomic mass is 10.5. The smallest absolute Gasteiger partial charge is 0.188 e. The van der Waals surface area contributed by atoms with Gasteiger partial charge in [0.25, 0.3) is 0 Å². The van der Waals surface area contributed by atoms with Crippen LogP contribution in [0.25, 0.3) is 0 Å². The molecule has 2 heterocycles. The van der Waals surface area contributed by atoms with Crippen LogP contribution in [0.4, 0.5) is 10.9 Å². The highest BCUT2D eigenvalue weighted by Crippen LogP contribution is 2.25. The predicted octanol–water partition coefficient (Wildman–Crippen LogP) is 3.35. The van der Waals surface area contributed by atoms with Crippen LogP contribution in [0.1, 0.15) is 4.88 Å². The average Bonchev–Trinajstić information content (AvgIpc) is 2.56. The second-order valence-corrected chi connectivity index (χ2v) is 4.82. The molecular weight excluding hydrogens is 262 g/mol. The molecule has 0 saturated carbocycles. The molecule has 0 amide bonds. The number of aromatic nitrogens is 2. The Morgan fingerprint density at radius 1 is 1.43 bits per heavy atom. The second-order valence-electron chi connectivity index (χ2n) is 2.73. The molecule has 1 N–H and O–H groups in total. The molecule has 0 saturated heterocycles. The summed E-state index contributed by atoms with van der Waals surface area (Å²) in [6.45, 7) is 2.02. The number of hydrogen-bond acceptors (Lipinski definition) is 4. The molecule has 2 rings (SSSR count). The van der Waals surface area contributed by atoms with Gasteiger partial charge in [-0.3, -0.25) is 0 Å². The molecule has 72 valence electrons. The maximum Gasteiger partial charge on any atom is 0.188 e. The largest absolute Gasteiger partial charge is 0.315 e. The van der Waals surface area contributed by atoms with Gasteiger partial charge in [-0.2, -0.15) is 0 Å². The van der Waals surface area contributed by atoms with Gasteiger partial charge in [0.05, 0.1) is 4.47 Å². The van der Waals surface area contributed by atoms with Gasteiger partial charge in [-0.15, -0.1) is 11.3 Å². The highest BCUT2D eigenvalue weighted by molar-refractivity contribution is 9.10. The maximum atomic E-state index is 4.20. The summed E-state index contributed by atoms with van der Waals surface area (Å²) in [4.78, 5) is 9.57. The molecule has 0 aromatic carbocycles. The monoisotopic (exact) mass is 269 g/mol. The fourth-order valence-electron chi connectivity index (χ4n) is 0.991. The summed E-state index contributed by atoms with van der Waals surface area (Å²) < 4.78 is 0.938. The van der Waals surface area contributed by atoms with E-state index in [2.05, 4.69) is 31.2 Å². The Balaban J connectivity index is 2.23. The fourth-order valence-corrected chi connectivity index (χ4v) is 2.01. The van der Waals surface area contributed by atoms with E-state index in [0.717, 1.165) is 15.4 Å². The summed E-state index contributed by atoms with van der Waals surface area (Å²) in [6.07, 6.45) is 3.58. The summed E-state index contributed by atoms with van der Waals surface area (Å²) in [5.74, 6) is 0.793. The molecule has 5 heteroatoms. The van der Waals surface area contributed by atoms with Crippen LogP contribution >= 0.6 is 27.3 Å². The lowest BCUT2D eigenvalue weighted by Gasteiger charge is -2.02. The number of nitrogens with zero attached hydrogens (tertiary/aromatic N) is 2. The number of anilines is 2. The molecule has 3 nitrogen and oxygen atoms in total. The third-order valence-electron chi connectivity index (χ3n) is 1.61. The number of rotatable bonds is 2. The van der Waals surface area contributed by atoms with Crippen LogP contribution < -0.4 is 5.32 Å². The molecule has 14 heavy (non-hydrogen) atoms. The molecule has 0 spiro atoms. The summed E-state index contributed by atoms with van der Waals surface area (Å²) in [5.41, 5.74) is 0. The lowest BCUT2D eigenvalue weighted by Crippen LogP contribution is -1.92. The van der Waals surface area contributed by atoms with Crippen molar-refractivity contribution in [1.29, 1.82) is 0 Å². The normalized spacial score (nSPS) is 10.1. The van der Waals surface area contributed by atoms with Gasteiger partial charge in [0.1, 0.15) is 5.82 Å². The topological polar surface area (TPSA) is 37.8 Å². The van der Waals surface area contributed by atoms with E-state index in [1.165, 1.54) is 4.88 Å². The van der Waals surface area contributed by atoms with E-state index in [-0.39, 0.29) is 0 Å². The van der Waals surface area contributed by atoms with Crippen LogP contribution in [0.3, 0.4) is 0 Å². The first-order chi connectivity index (χ1) is 6.75. The Morgan fingerprint density at radius 3 is 2.93 bits per heavy atom. The number of pyridine rings is 1. The summed E-state index contributed by atoms with van der Waals surface area (Å²) in [6, 6.07) is 3.82. The highest BCUT2D eigenvalue weighted by atomic mass is 79.9. The predicted molar refractivity (Wildman–Crippen MR) is 62.1 cm³/mol. The lowest BCUT2D eigenvalue weighted by molar-refractivity contribution is 1.27. The minimum absolute atomic E-state index is 0.793. The molecule has 0 unspecified atom stereocenters. The molecule has 2 aromatic heterocycles. The zero-order valence-corrected chi connectivity index (χ0v) is 9.89. The first kappa shape index (κ1) is 9.61. The average molecular weight is 270 g/mol. The minimum atomic E-state index is 0.793. The quantitative estimate of drug-likeness (QED) is 0.909. The molecule has 0 bridgehead atoms. The van der Waals surface area contributed by atoms with Gasteiger partial charge in [-0.05, 0) is 35.0 Å². The van der Waals surface area contributed by atoms with Crippen LogP contribution in [0, 0.1) is 6.92 Å². The van der Waals surface area contributed by atoms with Gasteiger partial charge in [0.2, 0.25) is 0 Å². The van der Waals surface area contributed by atoms with E-state index in [1.807, 2.05) is 25.3 Å². The first-order valence-electron chi connectivity index (χ1n) is 4.05. The van der Waals surface area contributed by atoms with E-state index in [0.29, 0.717) is 0 Å². The van der Waals surface area contributed by atoms with Gasteiger partial charge in [-0.1, -0.05) is 0 Å². The number of hydrogen-bond donors (Lipinski definition) is 1. The number of aryl methyl sites for hydroxylation is 1. The fraction of sp³-hybridized carbons (Fsp3) is 0.111. The van der Waals surface area contributed by atoms with E-state index in [1.54, 1.807) is 17.5 Å². The van der Waals surface area contributed by atoms with Crippen molar-refractivity contribution >= 4 is 38.2 Å². The van der Waals surface area contributed by atoms with Gasteiger partial charge in [0, 0.05) is 17.3 Å². The maximum absolute atomic E-state index is 4.20. The Hall–Kier alpha value is -0.940. The Kier molecular flexibility index (Phi) is 2.79. The highest BCUT2D eigenvalue weighted by Gasteiger charge is 2.02. The van der Waals surface area contributed by atoms with E-state index in [4.69, 9.17) is 0 Å². The SMILES string of the molecule is Cc1cnc(Nc2ncccc2Br)s1. The van der Waals surface area contributed by atoms with Crippen molar-refractivity contribution in [2.45, 2.75) is 6.92 Å². The first-order valence-corrected chi connectivity index (χ1v) is 5.66. The summed E-state index contributed by atoms with van der Waals surface area (Å²) in [7, 11) is 0. The van der Waals surface area contributed by atoms with Crippen LogP contribution in [0.2, 0.25) is 0 Å². The Labute approximate surface area is 94.4 Å². The third-order valence-corrected chi connectivity index (χ3v) is 3.07. The Bertz CT molecular complexity index is 441. The van der Waals surface area contributed by atoms with E-state index >= 15 is 0 Å². The number of nitrogens with one attached hydrogen (secondary N) is 1. The molecule has 0 aliphatic rings. The van der Waals surface area contributed by atoms with Crippen molar-refractivity contribution in [3.63, 3.8) is 0 Å². The number of thiazole rings is 1. The van der Waals surface area contributed by atoms with Crippen molar-refractivity contribution in [2.24, 2.45) is 0 Å². The zero-order chi connectivity index (χ0) is 9.97. The third kappa shape index (κ3) is 2.10. The van der Waals surface area contributed by atoms with E-state index < -0.39 is 0 Å². The van der Waals surface area contributed by atoms with Gasteiger partial charge < -0.3 is 5.32 Å². The molecular formula is C9H8BrN3S. The molecule has 2 aromatic rings. The Morgan fingerprint density at radius 2 is 2.29 bits per heavy atom. The molecule has 0 radical (unpaired) electrons. The van der Waals surface area contributed by atoms with Crippen LogP contribution in [-0.2, 0) is 0 Å². The summed E-state index contributed by atoms with van der Waals surface area (Å²) in [5, 5.41) is 4.01. The summed E-state index contributed by atoms with van der Waals surface area (Å²) >= 11 is 5.02. The van der Waals surface area contributed by atoms with Gasteiger partial charge in [-0.25, -0.2) is 9.97 Å². The minimum Gasteiger partial charge on any atom is -0.315 e. The van der Waals surface area contributed by atoms with Crippen molar-refractivity contribution in [3.05, 3.63) is 33.9 Å². The molecule has 0 fully saturated rings. The van der Waals surface area contributed by atoms with Crippen LogP contribution in [-0.4, -0.2) is 9.97 Å². The zero-order valence-electron chi connectivity index (χ0n) is 7.49. The van der Waals surface area contributed by atoms with E-state index in [9.17, 15) is 0 Å². The molecule has 0 aliphatic carbocycles. The second kappa shape index (κ2) is 4.06. The van der Waals surface area contributed by atoms with Crippen molar-refractivity contribution in [1.82, 2.24) is 9.97 Å².